The van der Waals surface area contributed by atoms with E-state index in [9.17, 15) is 14.4 Å². The highest BCUT2D eigenvalue weighted by atomic mass is 16.5. The Morgan fingerprint density at radius 1 is 1.07 bits per heavy atom. The third kappa shape index (κ3) is 4.78. The Balaban J connectivity index is 1.42. The average molecular weight is 375 g/mol. The first-order chi connectivity index (χ1) is 13.1. The molecule has 1 unspecified atom stereocenters. The maximum Gasteiger partial charge on any atom is 0.313 e. The number of rotatable bonds is 5. The van der Waals surface area contributed by atoms with Gasteiger partial charge in [0.15, 0.2) is 6.61 Å². The van der Waals surface area contributed by atoms with Crippen molar-refractivity contribution in [3.05, 3.63) is 29.8 Å². The van der Waals surface area contributed by atoms with Crippen LogP contribution in [-0.2, 0) is 30.3 Å². The van der Waals surface area contributed by atoms with E-state index in [1.165, 1.54) is 0 Å². The van der Waals surface area contributed by atoms with Gasteiger partial charge in [0.1, 0.15) is 12.4 Å². The number of hydrogen-bond acceptors (Lipinski definition) is 6. The van der Waals surface area contributed by atoms with Gasteiger partial charge in [-0.05, 0) is 37.8 Å². The van der Waals surface area contributed by atoms with Crippen molar-refractivity contribution in [3.63, 3.8) is 0 Å². The first-order valence-corrected chi connectivity index (χ1v) is 9.40. The van der Waals surface area contributed by atoms with Crippen molar-refractivity contribution in [2.75, 3.05) is 32.9 Å². The number of benzene rings is 1. The molecule has 2 aliphatic heterocycles. The smallest absolute Gasteiger partial charge is 0.313 e. The lowest BCUT2D eigenvalue weighted by atomic mass is 9.97. The lowest BCUT2D eigenvalue weighted by Crippen LogP contribution is -2.43. The van der Waals surface area contributed by atoms with E-state index in [0.717, 1.165) is 11.3 Å². The molecule has 7 nitrogen and oxygen atoms in total. The summed E-state index contributed by atoms with van der Waals surface area (Å²) in [5, 5.41) is 0. The summed E-state index contributed by atoms with van der Waals surface area (Å²) in [6, 6.07) is 7.59. The van der Waals surface area contributed by atoms with Gasteiger partial charge in [-0.2, -0.15) is 0 Å². The highest BCUT2D eigenvalue weighted by molar-refractivity contribution is 5.82. The Kier molecular flexibility index (Phi) is 6.32. The normalized spacial score (nSPS) is 19.6. The molecule has 1 aromatic rings. The van der Waals surface area contributed by atoms with Crippen LogP contribution in [0.3, 0.4) is 0 Å². The number of likely N-dealkylation sites (tertiary alicyclic amines) is 1. The summed E-state index contributed by atoms with van der Waals surface area (Å²) in [6.45, 7) is 3.07. The predicted octanol–water partition coefficient (Wildman–Crippen LogP) is 1.58. The molecular weight excluding hydrogens is 350 g/mol. The van der Waals surface area contributed by atoms with E-state index in [4.69, 9.17) is 14.2 Å². The highest BCUT2D eigenvalue weighted by Gasteiger charge is 2.30. The second-order valence-corrected chi connectivity index (χ2v) is 6.83. The lowest BCUT2D eigenvalue weighted by Gasteiger charge is -2.31. The van der Waals surface area contributed by atoms with Gasteiger partial charge in [0, 0.05) is 13.1 Å². The maximum absolute atomic E-state index is 12.3. The zero-order valence-electron chi connectivity index (χ0n) is 15.5. The summed E-state index contributed by atoms with van der Waals surface area (Å²) in [5.74, 6) is -0.615. The molecule has 0 bridgehead atoms. The van der Waals surface area contributed by atoms with Gasteiger partial charge in [0.05, 0.1) is 18.4 Å². The van der Waals surface area contributed by atoms with Crippen molar-refractivity contribution >= 4 is 17.8 Å². The number of hydrogen-bond donors (Lipinski definition) is 0. The lowest BCUT2D eigenvalue weighted by molar-refractivity contribution is -0.158. The molecule has 0 aromatic heterocycles. The van der Waals surface area contributed by atoms with Crippen LogP contribution in [-0.4, -0.2) is 55.7 Å². The topological polar surface area (TPSA) is 82.1 Å². The molecule has 2 heterocycles. The van der Waals surface area contributed by atoms with Crippen LogP contribution >= 0.6 is 0 Å². The third-order valence-electron chi connectivity index (χ3n) is 5.02. The van der Waals surface area contributed by atoms with E-state index in [2.05, 4.69) is 0 Å². The van der Waals surface area contributed by atoms with Gasteiger partial charge in [-0.15, -0.1) is 0 Å². The first-order valence-electron chi connectivity index (χ1n) is 9.40. The zero-order valence-corrected chi connectivity index (χ0v) is 15.5. The van der Waals surface area contributed by atoms with E-state index in [1.807, 2.05) is 24.3 Å². The Morgan fingerprint density at radius 2 is 1.78 bits per heavy atom. The van der Waals surface area contributed by atoms with Crippen LogP contribution in [0.5, 0.6) is 5.75 Å². The second-order valence-electron chi connectivity index (χ2n) is 6.83. The fourth-order valence-electron chi connectivity index (χ4n) is 3.45. The van der Waals surface area contributed by atoms with Gasteiger partial charge < -0.3 is 19.1 Å². The van der Waals surface area contributed by atoms with E-state index >= 15 is 0 Å². The fraction of sp³-hybridized carbons (Fsp3) is 0.550. The number of esters is 2. The first kappa shape index (κ1) is 19.2. The molecule has 146 valence electrons. The number of amides is 1. The monoisotopic (exact) mass is 375 g/mol. The van der Waals surface area contributed by atoms with Crippen LogP contribution in [0.4, 0.5) is 0 Å². The van der Waals surface area contributed by atoms with Gasteiger partial charge in [-0.3, -0.25) is 14.4 Å². The van der Waals surface area contributed by atoms with Gasteiger partial charge in [0.2, 0.25) is 0 Å². The summed E-state index contributed by atoms with van der Waals surface area (Å²) < 4.78 is 15.8. The predicted molar refractivity (Wildman–Crippen MR) is 96.0 cm³/mol. The van der Waals surface area contributed by atoms with Gasteiger partial charge in [-0.1, -0.05) is 18.2 Å². The Bertz CT molecular complexity index is 695. The van der Waals surface area contributed by atoms with Crippen LogP contribution in [0.25, 0.3) is 0 Å². The maximum atomic E-state index is 12.3. The molecule has 1 saturated heterocycles. The molecule has 27 heavy (non-hydrogen) atoms. The Labute approximate surface area is 158 Å². The van der Waals surface area contributed by atoms with Gasteiger partial charge in [-0.25, -0.2) is 0 Å². The second kappa shape index (κ2) is 8.88. The molecule has 0 saturated carbocycles. The quantitative estimate of drug-likeness (QED) is 0.727. The molecule has 0 N–H and O–H groups in total. The van der Waals surface area contributed by atoms with Crippen LogP contribution in [0.1, 0.15) is 25.3 Å². The molecule has 1 amide bonds. The minimum absolute atomic E-state index is 0.156. The van der Waals surface area contributed by atoms with Crippen molar-refractivity contribution in [2.45, 2.75) is 26.2 Å². The highest BCUT2D eigenvalue weighted by Crippen LogP contribution is 2.27. The van der Waals surface area contributed by atoms with Crippen molar-refractivity contribution in [3.8, 4) is 5.75 Å². The summed E-state index contributed by atoms with van der Waals surface area (Å²) in [4.78, 5) is 37.9. The number of nitrogens with zero attached hydrogens (tertiary/aromatic N) is 1. The van der Waals surface area contributed by atoms with Crippen molar-refractivity contribution < 1.29 is 28.6 Å². The molecule has 0 aliphatic carbocycles. The van der Waals surface area contributed by atoms with Crippen molar-refractivity contribution in [1.29, 1.82) is 0 Å². The molecule has 0 radical (unpaired) electrons. The third-order valence-corrected chi connectivity index (χ3v) is 5.02. The summed E-state index contributed by atoms with van der Waals surface area (Å²) >= 11 is 0. The van der Waals surface area contributed by atoms with Crippen LogP contribution in [0.2, 0.25) is 0 Å². The minimum atomic E-state index is -0.417. The molecule has 1 fully saturated rings. The van der Waals surface area contributed by atoms with Crippen molar-refractivity contribution in [1.82, 2.24) is 4.90 Å². The van der Waals surface area contributed by atoms with E-state index < -0.39 is 11.9 Å². The number of ether oxygens (including phenoxy) is 3. The zero-order chi connectivity index (χ0) is 19.2. The number of fused-ring (bicyclic) bond motifs is 1. The number of piperidine rings is 1. The molecule has 0 spiro atoms. The summed E-state index contributed by atoms with van der Waals surface area (Å²) in [5.41, 5.74) is 0.970. The average Bonchev–Trinajstić information content (AvgIpc) is 2.71. The van der Waals surface area contributed by atoms with E-state index in [1.54, 1.807) is 11.8 Å². The summed E-state index contributed by atoms with van der Waals surface area (Å²) in [7, 11) is 0. The van der Waals surface area contributed by atoms with Crippen LogP contribution in [0, 0.1) is 11.8 Å². The Hall–Kier alpha value is -2.57. The van der Waals surface area contributed by atoms with E-state index in [-0.39, 0.29) is 31.0 Å². The molecule has 7 heteroatoms. The molecule has 2 aliphatic rings. The molecule has 1 aromatic carbocycles. The van der Waals surface area contributed by atoms with E-state index in [0.29, 0.717) is 39.0 Å². The fourth-order valence-corrected chi connectivity index (χ4v) is 3.45. The van der Waals surface area contributed by atoms with Crippen LogP contribution in [0.15, 0.2) is 24.3 Å². The van der Waals surface area contributed by atoms with Gasteiger partial charge in [0.25, 0.3) is 5.91 Å². The van der Waals surface area contributed by atoms with Crippen LogP contribution < -0.4 is 4.74 Å². The number of carbonyl (C=O) groups is 3. The van der Waals surface area contributed by atoms with Gasteiger partial charge >= 0.3 is 11.9 Å². The summed E-state index contributed by atoms with van der Waals surface area (Å²) in [6.07, 6.45) is 1.70. The molecular formula is C20H25NO6. The standard InChI is InChI=1S/C20H25NO6/c1-2-25-19(23)14-7-9-21(10-8-14)18(22)13-27-20(24)16-11-15-5-3-4-6-17(15)26-12-16/h3-6,14,16H,2,7-13H2,1H3. The molecule has 3 rings (SSSR count). The van der Waals surface area contributed by atoms with Crippen molar-refractivity contribution in [2.24, 2.45) is 11.8 Å². The SMILES string of the molecule is CCOC(=O)C1CCN(C(=O)COC(=O)C2COc3ccccc3C2)CC1. The minimum Gasteiger partial charge on any atom is -0.492 e. The molecule has 1 atom stereocenters. The number of carbonyl (C=O) groups excluding carboxylic acids is 3. The Morgan fingerprint density at radius 3 is 2.52 bits per heavy atom. The largest absolute Gasteiger partial charge is 0.492 e. The number of para-hydroxylation sites is 1.